The number of likely N-dealkylation sites (N-methyl/N-ethyl adjacent to an activating group) is 1. The second kappa shape index (κ2) is 8.37. The molecule has 2 aromatic rings. The van der Waals surface area contributed by atoms with Crippen LogP contribution in [0.15, 0.2) is 36.5 Å². The van der Waals surface area contributed by atoms with E-state index in [4.69, 9.17) is 0 Å². The number of hydrogen-bond acceptors (Lipinski definition) is 5. The second-order valence-corrected chi connectivity index (χ2v) is 7.22. The minimum atomic E-state index is 0.0144. The van der Waals surface area contributed by atoms with E-state index in [9.17, 15) is 4.79 Å². The summed E-state index contributed by atoms with van der Waals surface area (Å²) in [5.74, 6) is 0.0144. The number of carbonyl (C=O) groups excluding carboxylic acids is 1. The molecule has 6 heteroatoms. The van der Waals surface area contributed by atoms with Gasteiger partial charge in [-0.1, -0.05) is 6.07 Å². The first-order valence-corrected chi connectivity index (χ1v) is 9.24. The van der Waals surface area contributed by atoms with Crippen LogP contribution in [0.4, 0.5) is 0 Å². The lowest BCUT2D eigenvalue weighted by molar-refractivity contribution is 0.0953. The second-order valence-electron chi connectivity index (χ2n) is 6.13. The number of amides is 1. The Balaban J connectivity index is 1.42. The number of nitrogens with zero attached hydrogens (tertiary/aromatic N) is 3. The van der Waals surface area contributed by atoms with Crippen molar-refractivity contribution in [1.82, 2.24) is 20.1 Å². The van der Waals surface area contributed by atoms with Crippen molar-refractivity contribution in [3.63, 3.8) is 0 Å². The number of aromatic nitrogens is 1. The summed E-state index contributed by atoms with van der Waals surface area (Å²) in [6.45, 7) is 6.31. The zero-order valence-corrected chi connectivity index (χ0v) is 14.9. The van der Waals surface area contributed by atoms with E-state index < -0.39 is 0 Å². The zero-order valence-electron chi connectivity index (χ0n) is 14.1. The summed E-state index contributed by atoms with van der Waals surface area (Å²) in [6, 6.07) is 9.66. The molecule has 24 heavy (non-hydrogen) atoms. The third kappa shape index (κ3) is 4.63. The van der Waals surface area contributed by atoms with Crippen LogP contribution in [-0.4, -0.2) is 67.0 Å². The molecule has 0 bridgehead atoms. The van der Waals surface area contributed by atoms with E-state index >= 15 is 0 Å². The Labute approximate surface area is 147 Å². The summed E-state index contributed by atoms with van der Waals surface area (Å²) in [6.07, 6.45) is 2.76. The molecule has 0 radical (unpaired) electrons. The molecule has 1 saturated heterocycles. The quantitative estimate of drug-likeness (QED) is 0.816. The molecule has 1 aliphatic heterocycles. The lowest BCUT2D eigenvalue weighted by Crippen LogP contribution is -2.45. The first-order chi connectivity index (χ1) is 11.7. The van der Waals surface area contributed by atoms with Gasteiger partial charge in [-0.05, 0) is 44.3 Å². The fraction of sp³-hybridized carbons (Fsp3) is 0.444. The number of nitrogens with one attached hydrogen (secondary N) is 1. The van der Waals surface area contributed by atoms with Crippen molar-refractivity contribution in [3.8, 4) is 10.6 Å². The number of carbonyl (C=O) groups is 1. The van der Waals surface area contributed by atoms with Crippen LogP contribution in [0.1, 0.15) is 16.1 Å². The van der Waals surface area contributed by atoms with Crippen molar-refractivity contribution < 1.29 is 4.79 Å². The summed E-state index contributed by atoms with van der Waals surface area (Å²) in [5.41, 5.74) is 0.914. The molecule has 0 saturated carbocycles. The van der Waals surface area contributed by atoms with E-state index in [1.54, 1.807) is 6.20 Å². The van der Waals surface area contributed by atoms with Crippen LogP contribution >= 0.6 is 11.3 Å². The number of thiophene rings is 1. The minimum absolute atomic E-state index is 0.0144. The molecular weight excluding hydrogens is 320 g/mol. The maximum atomic E-state index is 12.2. The average Bonchev–Trinajstić information content (AvgIpc) is 3.11. The van der Waals surface area contributed by atoms with E-state index in [2.05, 4.69) is 27.1 Å². The van der Waals surface area contributed by atoms with Gasteiger partial charge in [-0.15, -0.1) is 11.3 Å². The highest BCUT2D eigenvalue weighted by Gasteiger charge is 2.14. The monoisotopic (exact) mass is 344 g/mol. The van der Waals surface area contributed by atoms with Gasteiger partial charge in [-0.3, -0.25) is 9.78 Å². The summed E-state index contributed by atoms with van der Waals surface area (Å²) >= 11 is 1.49. The van der Waals surface area contributed by atoms with Gasteiger partial charge in [0.05, 0.1) is 15.4 Å². The first kappa shape index (κ1) is 17.1. The van der Waals surface area contributed by atoms with Crippen LogP contribution in [0.5, 0.6) is 0 Å². The highest BCUT2D eigenvalue weighted by molar-refractivity contribution is 7.17. The molecule has 3 heterocycles. The third-order valence-electron chi connectivity index (χ3n) is 4.28. The predicted octanol–water partition coefficient (Wildman–Crippen LogP) is 2.18. The molecule has 0 aliphatic carbocycles. The average molecular weight is 344 g/mol. The standard InChI is InChI=1S/C18H24N4OS/c1-21-11-13-22(14-12-21)10-4-9-20-18(23)17-7-6-16(24-17)15-5-2-3-8-19-15/h2-3,5-8H,4,9-14H2,1H3,(H,20,23). The van der Waals surface area contributed by atoms with Crippen LogP contribution < -0.4 is 5.32 Å². The Morgan fingerprint density at radius 2 is 2.04 bits per heavy atom. The smallest absolute Gasteiger partial charge is 0.261 e. The van der Waals surface area contributed by atoms with Crippen LogP contribution in [0.25, 0.3) is 10.6 Å². The summed E-state index contributed by atoms with van der Waals surface area (Å²) in [7, 11) is 2.16. The van der Waals surface area contributed by atoms with E-state index in [-0.39, 0.29) is 5.91 Å². The Kier molecular flexibility index (Phi) is 5.96. The van der Waals surface area contributed by atoms with Crippen molar-refractivity contribution >= 4 is 17.2 Å². The van der Waals surface area contributed by atoms with E-state index in [1.165, 1.54) is 11.3 Å². The molecule has 0 spiro atoms. The summed E-state index contributed by atoms with van der Waals surface area (Å²) < 4.78 is 0. The van der Waals surface area contributed by atoms with Crippen molar-refractivity contribution in [3.05, 3.63) is 41.4 Å². The lowest BCUT2D eigenvalue weighted by Gasteiger charge is -2.32. The van der Waals surface area contributed by atoms with Crippen LogP contribution in [0.3, 0.4) is 0 Å². The molecular formula is C18H24N4OS. The largest absolute Gasteiger partial charge is 0.351 e. The van der Waals surface area contributed by atoms with Gasteiger partial charge in [-0.2, -0.15) is 0 Å². The van der Waals surface area contributed by atoms with Crippen molar-refractivity contribution in [1.29, 1.82) is 0 Å². The van der Waals surface area contributed by atoms with Gasteiger partial charge in [0.2, 0.25) is 0 Å². The molecule has 0 unspecified atom stereocenters. The Morgan fingerprint density at radius 3 is 2.79 bits per heavy atom. The van der Waals surface area contributed by atoms with Crippen LogP contribution in [-0.2, 0) is 0 Å². The van der Waals surface area contributed by atoms with E-state index in [1.807, 2.05) is 30.3 Å². The number of hydrogen-bond donors (Lipinski definition) is 1. The molecule has 0 atom stereocenters. The molecule has 128 valence electrons. The van der Waals surface area contributed by atoms with E-state index in [0.29, 0.717) is 0 Å². The molecule has 1 fully saturated rings. The molecule has 1 N–H and O–H groups in total. The third-order valence-corrected chi connectivity index (χ3v) is 5.39. The van der Waals surface area contributed by atoms with Gasteiger partial charge < -0.3 is 15.1 Å². The SMILES string of the molecule is CN1CCN(CCCNC(=O)c2ccc(-c3ccccn3)s2)CC1. The topological polar surface area (TPSA) is 48.5 Å². The number of pyridine rings is 1. The molecule has 2 aromatic heterocycles. The Bertz CT molecular complexity index is 650. The predicted molar refractivity (Wildman–Crippen MR) is 98.4 cm³/mol. The summed E-state index contributed by atoms with van der Waals surface area (Å²) in [5, 5.41) is 3.03. The number of piperazine rings is 1. The maximum Gasteiger partial charge on any atom is 0.261 e. The molecule has 3 rings (SSSR count). The molecule has 1 aliphatic rings. The maximum absolute atomic E-state index is 12.2. The van der Waals surface area contributed by atoms with E-state index in [0.717, 1.165) is 61.1 Å². The Morgan fingerprint density at radius 1 is 1.21 bits per heavy atom. The fourth-order valence-electron chi connectivity index (χ4n) is 2.77. The minimum Gasteiger partial charge on any atom is -0.351 e. The van der Waals surface area contributed by atoms with Gasteiger partial charge >= 0.3 is 0 Å². The Hall–Kier alpha value is -1.76. The highest BCUT2D eigenvalue weighted by Crippen LogP contribution is 2.26. The number of rotatable bonds is 6. The zero-order chi connectivity index (χ0) is 16.8. The summed E-state index contributed by atoms with van der Waals surface area (Å²) in [4.78, 5) is 23.2. The van der Waals surface area contributed by atoms with Gasteiger partial charge in [0.15, 0.2) is 0 Å². The van der Waals surface area contributed by atoms with Gasteiger partial charge in [-0.25, -0.2) is 0 Å². The molecule has 5 nitrogen and oxygen atoms in total. The van der Waals surface area contributed by atoms with Crippen molar-refractivity contribution in [2.75, 3.05) is 46.3 Å². The molecule has 1 amide bonds. The lowest BCUT2D eigenvalue weighted by atomic mass is 10.3. The normalized spacial score (nSPS) is 16.2. The van der Waals surface area contributed by atoms with Crippen LogP contribution in [0.2, 0.25) is 0 Å². The first-order valence-electron chi connectivity index (χ1n) is 8.43. The molecule has 0 aromatic carbocycles. The fourth-order valence-corrected chi connectivity index (χ4v) is 3.67. The highest BCUT2D eigenvalue weighted by atomic mass is 32.1. The van der Waals surface area contributed by atoms with Crippen molar-refractivity contribution in [2.24, 2.45) is 0 Å². The van der Waals surface area contributed by atoms with Gasteiger partial charge in [0, 0.05) is 38.9 Å². The van der Waals surface area contributed by atoms with Crippen LogP contribution in [0, 0.1) is 0 Å². The van der Waals surface area contributed by atoms with Crippen molar-refractivity contribution in [2.45, 2.75) is 6.42 Å². The van der Waals surface area contributed by atoms with Gasteiger partial charge in [0.25, 0.3) is 5.91 Å². The van der Waals surface area contributed by atoms with Gasteiger partial charge in [0.1, 0.15) is 0 Å².